The van der Waals surface area contributed by atoms with Crippen LogP contribution >= 0.6 is 23.2 Å². The van der Waals surface area contributed by atoms with Gasteiger partial charge in [0.1, 0.15) is 6.33 Å². The van der Waals surface area contributed by atoms with E-state index in [1.807, 2.05) is 0 Å². The average molecular weight is 327 g/mol. The zero-order valence-electron chi connectivity index (χ0n) is 10.3. The fraction of sp³-hybridized carbons (Fsp3) is 0. The van der Waals surface area contributed by atoms with Gasteiger partial charge < -0.3 is 5.73 Å². The Morgan fingerprint density at radius 3 is 2.81 bits per heavy atom. The minimum atomic E-state index is -0.692. The highest BCUT2D eigenvalue weighted by Crippen LogP contribution is 2.26. The first kappa shape index (κ1) is 14.9. The van der Waals surface area contributed by atoms with Gasteiger partial charge in [-0.05, 0) is 12.1 Å². The lowest BCUT2D eigenvalue weighted by atomic mass is 10.2. The van der Waals surface area contributed by atoms with Crippen molar-refractivity contribution in [1.29, 1.82) is 0 Å². The van der Waals surface area contributed by atoms with Crippen molar-refractivity contribution >= 4 is 46.7 Å². The van der Waals surface area contributed by atoms with Crippen LogP contribution in [0, 0.1) is 10.1 Å². The van der Waals surface area contributed by atoms with Gasteiger partial charge in [0.05, 0.1) is 16.2 Å². The molecule has 0 saturated carbocycles. The summed E-state index contributed by atoms with van der Waals surface area (Å²) >= 11 is 11.7. The molecule has 3 N–H and O–H groups in total. The molecule has 1 aromatic carbocycles. The summed E-state index contributed by atoms with van der Waals surface area (Å²) in [6, 6.07) is 4.84. The lowest BCUT2D eigenvalue weighted by Crippen LogP contribution is -2.04. The molecular weight excluding hydrogens is 319 g/mol. The molecule has 0 aliphatic heterocycles. The van der Waals surface area contributed by atoms with Crippen LogP contribution in [0.1, 0.15) is 5.56 Å². The number of nitro groups is 1. The molecule has 0 bridgehead atoms. The van der Waals surface area contributed by atoms with Crippen LogP contribution in [0.15, 0.2) is 29.6 Å². The maximum Gasteiger partial charge on any atom is 0.354 e. The molecular formula is C11H8Cl2N6O2. The number of nitrogens with one attached hydrogen (secondary N) is 1. The standard InChI is InChI=1S/C11H8Cl2N6O2/c12-7-2-1-6(8(13)3-7)4-17-18-11-9(19(20)21)10(14)15-5-16-11/h1-5H,(H3,14,15,16,18)/b17-4-. The van der Waals surface area contributed by atoms with Crippen molar-refractivity contribution in [2.24, 2.45) is 5.10 Å². The lowest BCUT2D eigenvalue weighted by molar-refractivity contribution is -0.383. The van der Waals surface area contributed by atoms with E-state index in [-0.39, 0.29) is 11.6 Å². The number of aromatic nitrogens is 2. The van der Waals surface area contributed by atoms with E-state index in [0.717, 1.165) is 6.33 Å². The molecule has 0 fully saturated rings. The lowest BCUT2D eigenvalue weighted by Gasteiger charge is -2.02. The summed E-state index contributed by atoms with van der Waals surface area (Å²) in [5, 5.41) is 15.6. The smallest absolute Gasteiger partial charge is 0.354 e. The molecule has 21 heavy (non-hydrogen) atoms. The first-order valence-electron chi connectivity index (χ1n) is 5.48. The first-order chi connectivity index (χ1) is 9.99. The molecule has 0 unspecified atom stereocenters. The van der Waals surface area contributed by atoms with Crippen LogP contribution in [-0.4, -0.2) is 21.1 Å². The Kier molecular flexibility index (Phi) is 4.51. The van der Waals surface area contributed by atoms with Crippen LogP contribution in [0.25, 0.3) is 0 Å². The van der Waals surface area contributed by atoms with Crippen molar-refractivity contribution in [2.75, 3.05) is 11.2 Å². The number of hydrogen-bond donors (Lipinski definition) is 2. The minimum absolute atomic E-state index is 0.117. The highest BCUT2D eigenvalue weighted by molar-refractivity contribution is 6.36. The SMILES string of the molecule is Nc1ncnc(N/N=C\c2ccc(Cl)cc2Cl)c1[N+](=O)[O-]. The molecule has 108 valence electrons. The minimum Gasteiger partial charge on any atom is -0.378 e. The van der Waals surface area contributed by atoms with Crippen LogP contribution in [0.5, 0.6) is 0 Å². The fourth-order valence-corrected chi connectivity index (χ4v) is 1.88. The van der Waals surface area contributed by atoms with E-state index in [9.17, 15) is 10.1 Å². The molecule has 8 nitrogen and oxygen atoms in total. The largest absolute Gasteiger partial charge is 0.378 e. The topological polar surface area (TPSA) is 119 Å². The molecule has 10 heteroatoms. The summed E-state index contributed by atoms with van der Waals surface area (Å²) in [4.78, 5) is 17.5. The van der Waals surface area contributed by atoms with Crippen molar-refractivity contribution in [3.63, 3.8) is 0 Å². The number of nitrogens with zero attached hydrogens (tertiary/aromatic N) is 4. The van der Waals surface area contributed by atoms with E-state index in [1.54, 1.807) is 18.2 Å². The maximum atomic E-state index is 10.9. The van der Waals surface area contributed by atoms with Crippen LogP contribution in [-0.2, 0) is 0 Å². The Hall–Kier alpha value is -2.45. The Balaban J connectivity index is 2.22. The zero-order valence-corrected chi connectivity index (χ0v) is 11.8. The third kappa shape index (κ3) is 3.56. The molecule has 0 aliphatic rings. The summed E-state index contributed by atoms with van der Waals surface area (Å²) in [5.74, 6) is -0.369. The fourth-order valence-electron chi connectivity index (χ4n) is 1.42. The van der Waals surface area contributed by atoms with Gasteiger partial charge in [0.15, 0.2) is 0 Å². The Morgan fingerprint density at radius 1 is 1.38 bits per heavy atom. The molecule has 0 amide bonds. The molecule has 0 radical (unpaired) electrons. The van der Waals surface area contributed by atoms with E-state index in [4.69, 9.17) is 28.9 Å². The Labute approximate surface area is 128 Å². The van der Waals surface area contributed by atoms with Crippen molar-refractivity contribution < 1.29 is 4.92 Å². The van der Waals surface area contributed by atoms with Gasteiger partial charge in [-0.1, -0.05) is 29.3 Å². The van der Waals surface area contributed by atoms with Gasteiger partial charge in [-0.15, -0.1) is 0 Å². The molecule has 0 spiro atoms. The van der Waals surface area contributed by atoms with Gasteiger partial charge >= 0.3 is 5.69 Å². The number of nitrogens with two attached hydrogens (primary N) is 1. The van der Waals surface area contributed by atoms with Crippen LogP contribution in [0.3, 0.4) is 0 Å². The predicted octanol–water partition coefficient (Wildman–Crippen LogP) is 2.72. The second kappa shape index (κ2) is 6.33. The number of hydrazone groups is 1. The predicted molar refractivity (Wildman–Crippen MR) is 80.8 cm³/mol. The van der Waals surface area contributed by atoms with Gasteiger partial charge in [-0.2, -0.15) is 5.10 Å². The van der Waals surface area contributed by atoms with Gasteiger partial charge in [-0.25, -0.2) is 9.97 Å². The summed E-state index contributed by atoms with van der Waals surface area (Å²) < 4.78 is 0. The number of anilines is 2. The maximum absolute atomic E-state index is 10.9. The molecule has 0 atom stereocenters. The molecule has 2 aromatic rings. The Morgan fingerprint density at radius 2 is 2.14 bits per heavy atom. The molecule has 1 heterocycles. The van der Waals surface area contributed by atoms with Crippen molar-refractivity contribution in [3.8, 4) is 0 Å². The average Bonchev–Trinajstić information content (AvgIpc) is 2.41. The third-order valence-electron chi connectivity index (χ3n) is 2.37. The van der Waals surface area contributed by atoms with Gasteiger partial charge in [-0.3, -0.25) is 15.5 Å². The van der Waals surface area contributed by atoms with Crippen LogP contribution in [0.4, 0.5) is 17.3 Å². The molecule has 1 aromatic heterocycles. The third-order valence-corrected chi connectivity index (χ3v) is 2.93. The summed E-state index contributed by atoms with van der Waals surface area (Å²) in [7, 11) is 0. The first-order valence-corrected chi connectivity index (χ1v) is 6.23. The summed E-state index contributed by atoms with van der Waals surface area (Å²) in [6.07, 6.45) is 2.47. The molecule has 0 aliphatic carbocycles. The van der Waals surface area contributed by atoms with Crippen LogP contribution in [0.2, 0.25) is 10.0 Å². The van der Waals surface area contributed by atoms with Crippen molar-refractivity contribution in [3.05, 3.63) is 50.2 Å². The normalized spacial score (nSPS) is 10.8. The highest BCUT2D eigenvalue weighted by Gasteiger charge is 2.20. The van der Waals surface area contributed by atoms with E-state index in [1.165, 1.54) is 6.21 Å². The molecule has 0 saturated heterocycles. The van der Waals surface area contributed by atoms with E-state index < -0.39 is 10.6 Å². The van der Waals surface area contributed by atoms with Gasteiger partial charge in [0, 0.05) is 10.6 Å². The second-order valence-electron chi connectivity index (χ2n) is 3.75. The summed E-state index contributed by atoms with van der Waals surface area (Å²) in [6.45, 7) is 0. The van der Waals surface area contributed by atoms with E-state index in [2.05, 4.69) is 20.5 Å². The van der Waals surface area contributed by atoms with E-state index >= 15 is 0 Å². The van der Waals surface area contributed by atoms with Crippen LogP contribution < -0.4 is 11.2 Å². The summed E-state index contributed by atoms with van der Waals surface area (Å²) in [5.41, 5.74) is 7.99. The number of rotatable bonds is 4. The molecule has 2 rings (SSSR count). The Bertz CT molecular complexity index is 722. The highest BCUT2D eigenvalue weighted by atomic mass is 35.5. The quantitative estimate of drug-likeness (QED) is 0.506. The van der Waals surface area contributed by atoms with E-state index in [0.29, 0.717) is 15.6 Å². The van der Waals surface area contributed by atoms with Crippen molar-refractivity contribution in [2.45, 2.75) is 0 Å². The number of benzene rings is 1. The number of hydrogen-bond acceptors (Lipinski definition) is 7. The number of nitrogen functional groups attached to an aromatic ring is 1. The van der Waals surface area contributed by atoms with Gasteiger partial charge in [0.25, 0.3) is 0 Å². The van der Waals surface area contributed by atoms with Crippen molar-refractivity contribution in [1.82, 2.24) is 9.97 Å². The zero-order chi connectivity index (χ0) is 15.4. The number of halogens is 2. The second-order valence-corrected chi connectivity index (χ2v) is 4.59. The van der Waals surface area contributed by atoms with Gasteiger partial charge in [0.2, 0.25) is 11.6 Å². The monoisotopic (exact) mass is 326 g/mol.